The van der Waals surface area contributed by atoms with E-state index in [1.807, 2.05) is 0 Å². The number of nitrogens with two attached hydrogens (primary N) is 1. The van der Waals surface area contributed by atoms with Crippen LogP contribution < -0.4 is 15.2 Å². The molecule has 3 heteroatoms. The third-order valence-electron chi connectivity index (χ3n) is 3.16. The lowest BCUT2D eigenvalue weighted by Crippen LogP contribution is -2.05. The first-order chi connectivity index (χ1) is 7.76. The van der Waals surface area contributed by atoms with E-state index >= 15 is 0 Å². The Labute approximate surface area is 96.5 Å². The van der Waals surface area contributed by atoms with E-state index in [4.69, 9.17) is 15.2 Å². The van der Waals surface area contributed by atoms with E-state index in [9.17, 15) is 0 Å². The van der Waals surface area contributed by atoms with Gasteiger partial charge in [-0.1, -0.05) is 13.0 Å². The Morgan fingerprint density at radius 3 is 3.00 bits per heavy atom. The molecule has 0 spiro atoms. The van der Waals surface area contributed by atoms with Gasteiger partial charge < -0.3 is 15.2 Å². The first kappa shape index (κ1) is 11.3. The highest BCUT2D eigenvalue weighted by Crippen LogP contribution is 2.38. The third kappa shape index (κ3) is 2.00. The van der Waals surface area contributed by atoms with E-state index in [-0.39, 0.29) is 0 Å². The van der Waals surface area contributed by atoms with Crippen molar-refractivity contribution in [1.82, 2.24) is 0 Å². The SMILES string of the molecule is COc1cc(C(C)CCN)cc2c1OCC2. The smallest absolute Gasteiger partial charge is 0.164 e. The van der Waals surface area contributed by atoms with Crippen molar-refractivity contribution in [3.63, 3.8) is 0 Å². The Hall–Kier alpha value is -1.22. The fourth-order valence-corrected chi connectivity index (χ4v) is 2.15. The second-order valence-corrected chi connectivity index (χ2v) is 4.29. The summed E-state index contributed by atoms with van der Waals surface area (Å²) in [7, 11) is 1.69. The molecule has 1 atom stereocenters. The zero-order valence-electron chi connectivity index (χ0n) is 9.95. The van der Waals surface area contributed by atoms with Crippen LogP contribution >= 0.6 is 0 Å². The average Bonchev–Trinajstić information content (AvgIpc) is 2.75. The first-order valence-electron chi connectivity index (χ1n) is 5.80. The van der Waals surface area contributed by atoms with Gasteiger partial charge in [-0.25, -0.2) is 0 Å². The lowest BCUT2D eigenvalue weighted by molar-refractivity contribution is 0.326. The van der Waals surface area contributed by atoms with Gasteiger partial charge in [0.2, 0.25) is 0 Å². The third-order valence-corrected chi connectivity index (χ3v) is 3.16. The van der Waals surface area contributed by atoms with Crippen molar-refractivity contribution < 1.29 is 9.47 Å². The van der Waals surface area contributed by atoms with Crippen molar-refractivity contribution in [3.8, 4) is 11.5 Å². The Morgan fingerprint density at radius 2 is 2.31 bits per heavy atom. The van der Waals surface area contributed by atoms with E-state index in [1.54, 1.807) is 7.11 Å². The standard InChI is InChI=1S/C13H19NO2/c1-9(3-5-14)11-7-10-4-6-16-13(10)12(8-11)15-2/h7-9H,3-6,14H2,1-2H3. The molecule has 0 aromatic heterocycles. The Balaban J connectivity index is 2.34. The predicted molar refractivity (Wildman–Crippen MR) is 64.3 cm³/mol. The lowest BCUT2D eigenvalue weighted by atomic mass is 9.95. The summed E-state index contributed by atoms with van der Waals surface area (Å²) in [5, 5.41) is 0. The molecule has 16 heavy (non-hydrogen) atoms. The van der Waals surface area contributed by atoms with Crippen molar-refractivity contribution in [2.75, 3.05) is 20.3 Å². The molecular formula is C13H19NO2. The number of hydrogen-bond donors (Lipinski definition) is 1. The molecule has 1 aliphatic heterocycles. The number of rotatable bonds is 4. The topological polar surface area (TPSA) is 44.5 Å². The largest absolute Gasteiger partial charge is 0.493 e. The van der Waals surface area contributed by atoms with E-state index in [1.165, 1.54) is 11.1 Å². The van der Waals surface area contributed by atoms with Crippen LogP contribution in [-0.2, 0) is 6.42 Å². The normalized spacial score (nSPS) is 15.4. The van der Waals surface area contributed by atoms with Crippen LogP contribution in [0.3, 0.4) is 0 Å². The monoisotopic (exact) mass is 221 g/mol. The molecule has 2 N–H and O–H groups in total. The van der Waals surface area contributed by atoms with Crippen LogP contribution in [0.25, 0.3) is 0 Å². The maximum Gasteiger partial charge on any atom is 0.164 e. The molecule has 88 valence electrons. The Kier molecular flexibility index (Phi) is 3.34. The molecule has 0 bridgehead atoms. The van der Waals surface area contributed by atoms with Crippen LogP contribution in [-0.4, -0.2) is 20.3 Å². The molecule has 1 unspecified atom stereocenters. The predicted octanol–water partition coefficient (Wildman–Crippen LogP) is 2.08. The highest BCUT2D eigenvalue weighted by atomic mass is 16.5. The molecule has 1 aromatic rings. The summed E-state index contributed by atoms with van der Waals surface area (Å²) < 4.78 is 10.9. The number of ether oxygens (including phenoxy) is 2. The average molecular weight is 221 g/mol. The van der Waals surface area contributed by atoms with E-state index < -0.39 is 0 Å². The van der Waals surface area contributed by atoms with Crippen LogP contribution in [0, 0.1) is 0 Å². The maximum absolute atomic E-state index is 5.59. The number of methoxy groups -OCH3 is 1. The fraction of sp³-hybridized carbons (Fsp3) is 0.538. The molecular weight excluding hydrogens is 202 g/mol. The number of benzene rings is 1. The molecule has 3 nitrogen and oxygen atoms in total. The minimum Gasteiger partial charge on any atom is -0.493 e. The van der Waals surface area contributed by atoms with Crippen LogP contribution in [0.15, 0.2) is 12.1 Å². The van der Waals surface area contributed by atoms with Gasteiger partial charge in [-0.3, -0.25) is 0 Å². The van der Waals surface area contributed by atoms with Gasteiger partial charge in [-0.15, -0.1) is 0 Å². The van der Waals surface area contributed by atoms with Crippen molar-refractivity contribution in [3.05, 3.63) is 23.3 Å². The minimum atomic E-state index is 0.477. The zero-order chi connectivity index (χ0) is 11.5. The molecule has 1 heterocycles. The number of hydrogen-bond acceptors (Lipinski definition) is 3. The minimum absolute atomic E-state index is 0.477. The summed E-state index contributed by atoms with van der Waals surface area (Å²) in [5.74, 6) is 2.25. The van der Waals surface area contributed by atoms with Crippen molar-refractivity contribution in [2.24, 2.45) is 5.73 Å². The van der Waals surface area contributed by atoms with E-state index in [0.717, 1.165) is 37.5 Å². The Bertz CT molecular complexity index is 376. The van der Waals surface area contributed by atoms with Gasteiger partial charge in [0, 0.05) is 12.0 Å². The maximum atomic E-state index is 5.59. The van der Waals surface area contributed by atoms with Crippen LogP contribution in [0.2, 0.25) is 0 Å². The molecule has 0 fully saturated rings. The molecule has 1 aromatic carbocycles. The molecule has 0 saturated heterocycles. The lowest BCUT2D eigenvalue weighted by Gasteiger charge is -2.14. The van der Waals surface area contributed by atoms with Crippen LogP contribution in [0.4, 0.5) is 0 Å². The first-order valence-corrected chi connectivity index (χ1v) is 5.80. The van der Waals surface area contributed by atoms with Gasteiger partial charge in [-0.05, 0) is 30.5 Å². The fourth-order valence-electron chi connectivity index (χ4n) is 2.15. The van der Waals surface area contributed by atoms with Gasteiger partial charge >= 0.3 is 0 Å². The summed E-state index contributed by atoms with van der Waals surface area (Å²) in [5.41, 5.74) is 8.15. The van der Waals surface area contributed by atoms with Gasteiger partial charge in [0.05, 0.1) is 13.7 Å². The second kappa shape index (κ2) is 4.74. The molecule has 0 saturated carbocycles. The van der Waals surface area contributed by atoms with Gasteiger partial charge in [0.25, 0.3) is 0 Å². The Morgan fingerprint density at radius 1 is 1.50 bits per heavy atom. The molecule has 0 radical (unpaired) electrons. The summed E-state index contributed by atoms with van der Waals surface area (Å²) in [4.78, 5) is 0. The van der Waals surface area contributed by atoms with Crippen molar-refractivity contribution in [1.29, 1.82) is 0 Å². The number of fused-ring (bicyclic) bond motifs is 1. The van der Waals surface area contributed by atoms with Gasteiger partial charge in [0.15, 0.2) is 11.5 Å². The highest BCUT2D eigenvalue weighted by Gasteiger charge is 2.19. The molecule has 0 aliphatic carbocycles. The van der Waals surface area contributed by atoms with E-state index in [2.05, 4.69) is 19.1 Å². The highest BCUT2D eigenvalue weighted by molar-refractivity contribution is 5.52. The van der Waals surface area contributed by atoms with Gasteiger partial charge in [-0.2, -0.15) is 0 Å². The zero-order valence-corrected chi connectivity index (χ0v) is 9.95. The van der Waals surface area contributed by atoms with Gasteiger partial charge in [0.1, 0.15) is 0 Å². The molecule has 0 amide bonds. The second-order valence-electron chi connectivity index (χ2n) is 4.29. The molecule has 2 rings (SSSR count). The van der Waals surface area contributed by atoms with Crippen LogP contribution in [0.5, 0.6) is 11.5 Å². The van der Waals surface area contributed by atoms with Crippen molar-refractivity contribution >= 4 is 0 Å². The molecule has 1 aliphatic rings. The van der Waals surface area contributed by atoms with Crippen molar-refractivity contribution in [2.45, 2.75) is 25.7 Å². The summed E-state index contributed by atoms with van der Waals surface area (Å²) in [6, 6.07) is 4.30. The summed E-state index contributed by atoms with van der Waals surface area (Å²) in [6.07, 6.45) is 1.98. The summed E-state index contributed by atoms with van der Waals surface area (Å²) in [6.45, 7) is 3.68. The summed E-state index contributed by atoms with van der Waals surface area (Å²) >= 11 is 0. The van der Waals surface area contributed by atoms with Crippen LogP contribution in [0.1, 0.15) is 30.4 Å². The van der Waals surface area contributed by atoms with E-state index in [0.29, 0.717) is 5.92 Å². The quantitative estimate of drug-likeness (QED) is 0.846.